The number of carbonyl (C=O) groups is 2. The monoisotopic (exact) mass is 294 g/mol. The van der Waals surface area contributed by atoms with E-state index in [1.165, 1.54) is 32.1 Å². The second-order valence-electron chi connectivity index (χ2n) is 6.77. The van der Waals surface area contributed by atoms with E-state index in [1.54, 1.807) is 9.80 Å². The first-order valence-corrected chi connectivity index (χ1v) is 8.33. The second kappa shape index (κ2) is 6.24. The van der Waals surface area contributed by atoms with E-state index in [1.807, 2.05) is 7.05 Å². The molecule has 1 aliphatic heterocycles. The molecule has 3 fully saturated rings. The van der Waals surface area contributed by atoms with Crippen LogP contribution in [-0.2, 0) is 9.53 Å². The van der Waals surface area contributed by atoms with Crippen LogP contribution in [-0.4, -0.2) is 55.1 Å². The van der Waals surface area contributed by atoms with Gasteiger partial charge in [0.1, 0.15) is 6.61 Å². The molecule has 2 aliphatic carbocycles. The Balaban J connectivity index is 1.42. The average molecular weight is 294 g/mol. The molecule has 2 amide bonds. The van der Waals surface area contributed by atoms with Gasteiger partial charge in [-0.1, -0.05) is 32.1 Å². The van der Waals surface area contributed by atoms with E-state index in [0.29, 0.717) is 32.2 Å². The van der Waals surface area contributed by atoms with E-state index in [2.05, 4.69) is 0 Å². The minimum Gasteiger partial charge on any atom is -0.448 e. The van der Waals surface area contributed by atoms with Crippen molar-refractivity contribution < 1.29 is 14.3 Å². The molecule has 21 heavy (non-hydrogen) atoms. The summed E-state index contributed by atoms with van der Waals surface area (Å²) in [6.45, 7) is 2.32. The predicted molar refractivity (Wildman–Crippen MR) is 78.7 cm³/mol. The molecule has 5 heteroatoms. The zero-order valence-corrected chi connectivity index (χ0v) is 12.9. The van der Waals surface area contributed by atoms with Crippen LogP contribution in [0.4, 0.5) is 4.79 Å². The summed E-state index contributed by atoms with van der Waals surface area (Å²) in [6.07, 6.45) is 7.52. The van der Waals surface area contributed by atoms with Gasteiger partial charge in [0, 0.05) is 26.1 Å². The Morgan fingerprint density at radius 2 is 2.10 bits per heavy atom. The van der Waals surface area contributed by atoms with Crippen LogP contribution in [0.25, 0.3) is 0 Å². The van der Waals surface area contributed by atoms with Crippen LogP contribution >= 0.6 is 0 Å². The first kappa shape index (κ1) is 14.7. The summed E-state index contributed by atoms with van der Waals surface area (Å²) in [7, 11) is 1.86. The van der Waals surface area contributed by atoms with Gasteiger partial charge in [-0.25, -0.2) is 4.79 Å². The summed E-state index contributed by atoms with van der Waals surface area (Å²) in [5.41, 5.74) is 0. The molecule has 0 aromatic rings. The van der Waals surface area contributed by atoms with E-state index < -0.39 is 0 Å². The van der Waals surface area contributed by atoms with Crippen LogP contribution in [0.1, 0.15) is 38.5 Å². The van der Waals surface area contributed by atoms with Crippen LogP contribution in [0.3, 0.4) is 0 Å². The van der Waals surface area contributed by atoms with Gasteiger partial charge in [-0.2, -0.15) is 0 Å². The first-order chi connectivity index (χ1) is 10.2. The van der Waals surface area contributed by atoms with Crippen molar-refractivity contribution in [3.63, 3.8) is 0 Å². The molecule has 2 saturated carbocycles. The fourth-order valence-corrected chi connectivity index (χ4v) is 3.87. The van der Waals surface area contributed by atoms with Crippen LogP contribution in [0.15, 0.2) is 0 Å². The molecule has 2 unspecified atom stereocenters. The zero-order chi connectivity index (χ0) is 14.8. The van der Waals surface area contributed by atoms with Gasteiger partial charge in [-0.05, 0) is 18.3 Å². The Kier molecular flexibility index (Phi) is 4.36. The van der Waals surface area contributed by atoms with Crippen molar-refractivity contribution in [1.29, 1.82) is 0 Å². The average Bonchev–Trinajstić information content (AvgIpc) is 3.21. The summed E-state index contributed by atoms with van der Waals surface area (Å²) in [4.78, 5) is 27.3. The Morgan fingerprint density at radius 3 is 2.76 bits per heavy atom. The van der Waals surface area contributed by atoms with Gasteiger partial charge in [-0.15, -0.1) is 0 Å². The lowest BCUT2D eigenvalue weighted by molar-refractivity contribution is -0.131. The van der Waals surface area contributed by atoms with Crippen molar-refractivity contribution in [2.75, 3.05) is 33.3 Å². The topological polar surface area (TPSA) is 49.9 Å². The zero-order valence-electron chi connectivity index (χ0n) is 12.9. The summed E-state index contributed by atoms with van der Waals surface area (Å²) in [5, 5.41) is 0. The molecule has 1 saturated heterocycles. The summed E-state index contributed by atoms with van der Waals surface area (Å²) in [5.74, 6) is 1.95. The molecule has 1 heterocycles. The smallest absolute Gasteiger partial charge is 0.409 e. The molecule has 3 aliphatic rings. The van der Waals surface area contributed by atoms with Crippen molar-refractivity contribution in [2.24, 2.45) is 17.8 Å². The van der Waals surface area contributed by atoms with Gasteiger partial charge in [0.25, 0.3) is 0 Å². The highest BCUT2D eigenvalue weighted by atomic mass is 16.6. The lowest BCUT2D eigenvalue weighted by Crippen LogP contribution is -2.37. The lowest BCUT2D eigenvalue weighted by Gasteiger charge is -2.23. The highest BCUT2D eigenvalue weighted by molar-refractivity contribution is 5.81. The fraction of sp³-hybridized carbons (Fsp3) is 0.875. The normalized spacial score (nSPS) is 29.4. The van der Waals surface area contributed by atoms with Crippen LogP contribution in [0.2, 0.25) is 0 Å². The van der Waals surface area contributed by atoms with Crippen molar-refractivity contribution in [3.8, 4) is 0 Å². The molecule has 2 atom stereocenters. The summed E-state index contributed by atoms with van der Waals surface area (Å²) >= 11 is 0. The van der Waals surface area contributed by atoms with Gasteiger partial charge in [-0.3, -0.25) is 4.79 Å². The van der Waals surface area contributed by atoms with E-state index in [-0.39, 0.29) is 17.9 Å². The molecule has 0 radical (unpaired) electrons. The van der Waals surface area contributed by atoms with Crippen molar-refractivity contribution in [3.05, 3.63) is 0 Å². The van der Waals surface area contributed by atoms with Crippen molar-refractivity contribution in [2.45, 2.75) is 38.5 Å². The minimum absolute atomic E-state index is 0.248. The third kappa shape index (κ3) is 3.33. The van der Waals surface area contributed by atoms with Crippen molar-refractivity contribution in [1.82, 2.24) is 9.80 Å². The number of likely N-dealkylation sites (N-methyl/N-ethyl adjacent to an activating group) is 1. The molecular formula is C16H26N2O3. The lowest BCUT2D eigenvalue weighted by atomic mass is 9.85. The van der Waals surface area contributed by atoms with Crippen LogP contribution in [0.5, 0.6) is 0 Å². The highest BCUT2D eigenvalue weighted by Crippen LogP contribution is 2.50. The summed E-state index contributed by atoms with van der Waals surface area (Å²) < 4.78 is 4.90. The van der Waals surface area contributed by atoms with E-state index >= 15 is 0 Å². The Hall–Kier alpha value is -1.26. The molecule has 5 nitrogen and oxygen atoms in total. The SMILES string of the molecule is CN(CCN1CCOC1=O)C(=O)C1CC1C1CCCCC1. The predicted octanol–water partition coefficient (Wildman–Crippen LogP) is 2.11. The van der Waals surface area contributed by atoms with Gasteiger partial charge in [0.05, 0.1) is 6.54 Å². The largest absolute Gasteiger partial charge is 0.448 e. The fourth-order valence-electron chi connectivity index (χ4n) is 3.87. The molecule has 118 valence electrons. The van der Waals surface area contributed by atoms with Gasteiger partial charge < -0.3 is 14.5 Å². The van der Waals surface area contributed by atoms with E-state index in [0.717, 1.165) is 12.3 Å². The quantitative estimate of drug-likeness (QED) is 0.780. The third-order valence-electron chi connectivity index (χ3n) is 5.34. The molecule has 0 aromatic carbocycles. The third-order valence-corrected chi connectivity index (χ3v) is 5.34. The minimum atomic E-state index is -0.248. The standard InChI is InChI=1S/C16H26N2O3/c1-17(7-8-18-9-10-21-16(18)20)15(19)14-11-13(14)12-5-3-2-4-6-12/h12-14H,2-11H2,1H3. The number of cyclic esters (lactones) is 1. The van der Waals surface area contributed by atoms with Gasteiger partial charge in [0.15, 0.2) is 0 Å². The number of amides is 2. The molecule has 0 aromatic heterocycles. The van der Waals surface area contributed by atoms with Crippen molar-refractivity contribution >= 4 is 12.0 Å². The number of hydrogen-bond acceptors (Lipinski definition) is 3. The summed E-state index contributed by atoms with van der Waals surface area (Å²) in [6, 6.07) is 0. The maximum Gasteiger partial charge on any atom is 0.409 e. The Labute approximate surface area is 126 Å². The molecule has 3 rings (SSSR count). The highest BCUT2D eigenvalue weighted by Gasteiger charge is 2.48. The number of rotatable bonds is 5. The van der Waals surface area contributed by atoms with Gasteiger partial charge >= 0.3 is 6.09 Å². The molecule has 0 N–H and O–H groups in total. The second-order valence-corrected chi connectivity index (χ2v) is 6.77. The molecular weight excluding hydrogens is 268 g/mol. The number of carbonyl (C=O) groups excluding carboxylic acids is 2. The van der Waals surface area contributed by atoms with Crippen LogP contribution < -0.4 is 0 Å². The van der Waals surface area contributed by atoms with E-state index in [9.17, 15) is 9.59 Å². The van der Waals surface area contributed by atoms with E-state index in [4.69, 9.17) is 4.74 Å². The number of hydrogen-bond donors (Lipinski definition) is 0. The Bertz CT molecular complexity index is 406. The Morgan fingerprint density at radius 1 is 1.33 bits per heavy atom. The van der Waals surface area contributed by atoms with Crippen LogP contribution in [0, 0.1) is 17.8 Å². The van der Waals surface area contributed by atoms with Gasteiger partial charge in [0.2, 0.25) is 5.91 Å². The molecule has 0 bridgehead atoms. The number of nitrogens with zero attached hydrogens (tertiary/aromatic N) is 2. The maximum atomic E-state index is 12.4. The molecule has 0 spiro atoms. The number of ether oxygens (including phenoxy) is 1. The first-order valence-electron chi connectivity index (χ1n) is 8.33. The maximum absolute atomic E-state index is 12.4.